The van der Waals surface area contributed by atoms with Crippen LogP contribution in [0.4, 0.5) is 0 Å². The quantitative estimate of drug-likeness (QED) is 0.146. The zero-order valence-electron chi connectivity index (χ0n) is 21.5. The second-order valence-electron chi connectivity index (χ2n) is 8.87. The zero-order valence-corrected chi connectivity index (χ0v) is 21.5. The number of carbonyl (C=O) groups excluding carboxylic acids is 2. The molecule has 0 saturated heterocycles. The second-order valence-corrected chi connectivity index (χ2v) is 8.87. The van der Waals surface area contributed by atoms with Crippen molar-refractivity contribution in [3.8, 4) is 17.1 Å². The molecule has 190 valence electrons. The smallest absolute Gasteiger partial charge is 0.335 e. The van der Waals surface area contributed by atoms with E-state index in [2.05, 4.69) is 16.9 Å². The first-order chi connectivity index (χ1) is 17.0. The number of allylic oxidation sites excluding steroid dienone is 1. The van der Waals surface area contributed by atoms with Crippen molar-refractivity contribution in [1.29, 1.82) is 0 Å². The Hall–Kier alpha value is -3.02. The Bertz CT molecular complexity index is 907. The fourth-order valence-corrected chi connectivity index (χ4v) is 3.62. The number of rotatable bonds is 16. The maximum atomic E-state index is 12.0. The molecule has 2 aromatic rings. The van der Waals surface area contributed by atoms with Gasteiger partial charge in [0.15, 0.2) is 11.6 Å². The summed E-state index contributed by atoms with van der Waals surface area (Å²) in [6.45, 7) is 5.93. The molecule has 1 heterocycles. The molecule has 0 amide bonds. The van der Waals surface area contributed by atoms with E-state index >= 15 is 0 Å². The number of aryl methyl sites for hydroxylation is 1. The van der Waals surface area contributed by atoms with Gasteiger partial charge in [-0.05, 0) is 38.2 Å². The zero-order chi connectivity index (χ0) is 25.3. The summed E-state index contributed by atoms with van der Waals surface area (Å²) in [5, 5.41) is 0. The minimum Gasteiger partial charge on any atom is -0.463 e. The highest BCUT2D eigenvalue weighted by molar-refractivity contribution is 5.83. The Morgan fingerprint density at radius 3 is 2.26 bits per heavy atom. The summed E-state index contributed by atoms with van der Waals surface area (Å²) in [5.74, 6) is 0.314. The van der Waals surface area contributed by atoms with Gasteiger partial charge in [0.05, 0.1) is 18.5 Å². The lowest BCUT2D eigenvalue weighted by molar-refractivity contribution is -0.148. The maximum Gasteiger partial charge on any atom is 0.335 e. The van der Waals surface area contributed by atoms with Crippen LogP contribution in [0, 0.1) is 0 Å². The number of esters is 2. The van der Waals surface area contributed by atoms with Gasteiger partial charge in [-0.3, -0.25) is 4.79 Å². The third kappa shape index (κ3) is 11.8. The topological polar surface area (TPSA) is 78.4 Å². The van der Waals surface area contributed by atoms with Gasteiger partial charge in [-0.15, -0.1) is 0 Å². The second kappa shape index (κ2) is 16.6. The molecular weight excluding hydrogens is 440 g/mol. The lowest BCUT2D eigenvalue weighted by Gasteiger charge is -2.12. The highest BCUT2D eigenvalue weighted by Gasteiger charge is 2.09. The maximum absolute atomic E-state index is 12.0. The summed E-state index contributed by atoms with van der Waals surface area (Å²) in [4.78, 5) is 32.0. The van der Waals surface area contributed by atoms with Crippen molar-refractivity contribution < 1.29 is 19.1 Å². The van der Waals surface area contributed by atoms with Crippen LogP contribution in [-0.2, 0) is 20.7 Å². The van der Waals surface area contributed by atoms with Crippen molar-refractivity contribution >= 4 is 11.9 Å². The molecule has 0 fully saturated rings. The Labute approximate surface area is 210 Å². The van der Waals surface area contributed by atoms with Gasteiger partial charge in [-0.2, -0.15) is 0 Å². The van der Waals surface area contributed by atoms with Crippen molar-refractivity contribution in [2.24, 2.45) is 0 Å². The van der Waals surface area contributed by atoms with Crippen LogP contribution in [0.25, 0.3) is 11.4 Å². The van der Waals surface area contributed by atoms with Gasteiger partial charge in [0.2, 0.25) is 0 Å². The molecule has 0 bridgehead atoms. The van der Waals surface area contributed by atoms with Crippen molar-refractivity contribution in [2.75, 3.05) is 0 Å². The average Bonchev–Trinajstić information content (AvgIpc) is 2.87. The van der Waals surface area contributed by atoms with Crippen molar-refractivity contribution in [2.45, 2.75) is 97.5 Å². The van der Waals surface area contributed by atoms with Gasteiger partial charge >= 0.3 is 11.9 Å². The molecule has 1 unspecified atom stereocenters. The molecule has 1 atom stereocenters. The highest BCUT2D eigenvalue weighted by atomic mass is 16.5. The van der Waals surface area contributed by atoms with E-state index in [1.54, 1.807) is 6.92 Å². The van der Waals surface area contributed by atoms with Gasteiger partial charge in [0.25, 0.3) is 0 Å². The summed E-state index contributed by atoms with van der Waals surface area (Å²) in [5.41, 5.74) is 2.04. The van der Waals surface area contributed by atoms with E-state index in [9.17, 15) is 9.59 Å². The van der Waals surface area contributed by atoms with E-state index in [-0.39, 0.29) is 12.1 Å². The molecule has 1 aromatic heterocycles. The van der Waals surface area contributed by atoms with E-state index in [0.717, 1.165) is 36.8 Å². The average molecular weight is 481 g/mol. The third-order valence-corrected chi connectivity index (χ3v) is 5.75. The Kier molecular flexibility index (Phi) is 13.4. The normalized spacial score (nSPS) is 12.0. The lowest BCUT2D eigenvalue weighted by Crippen LogP contribution is -2.14. The molecule has 0 N–H and O–H groups in total. The lowest BCUT2D eigenvalue weighted by atomic mass is 10.1. The van der Waals surface area contributed by atoms with Gasteiger partial charge in [-0.1, -0.05) is 82.7 Å². The van der Waals surface area contributed by atoms with Gasteiger partial charge < -0.3 is 9.47 Å². The number of ether oxygens (including phenoxy) is 2. The largest absolute Gasteiger partial charge is 0.463 e. The summed E-state index contributed by atoms with van der Waals surface area (Å²) in [6, 6.07) is 7.98. The monoisotopic (exact) mass is 480 g/mol. The summed E-state index contributed by atoms with van der Waals surface area (Å²) >= 11 is 0. The third-order valence-electron chi connectivity index (χ3n) is 5.75. The molecule has 0 spiro atoms. The minimum absolute atomic E-state index is 0.101. The number of benzene rings is 1. The molecule has 6 heteroatoms. The molecule has 0 aliphatic carbocycles. The molecule has 6 nitrogen and oxygen atoms in total. The first-order valence-electron chi connectivity index (χ1n) is 13.0. The number of carbonyl (C=O) groups is 2. The summed E-state index contributed by atoms with van der Waals surface area (Å²) in [6.07, 6.45) is 17.9. The summed E-state index contributed by atoms with van der Waals surface area (Å²) < 4.78 is 10.6. The first-order valence-corrected chi connectivity index (χ1v) is 13.0. The summed E-state index contributed by atoms with van der Waals surface area (Å²) in [7, 11) is 0. The van der Waals surface area contributed by atoms with Gasteiger partial charge in [0.1, 0.15) is 0 Å². The predicted molar refractivity (Wildman–Crippen MR) is 139 cm³/mol. The van der Waals surface area contributed by atoms with E-state index in [0.29, 0.717) is 18.0 Å². The molecule has 1 aromatic carbocycles. The number of unbranched alkanes of at least 4 members (excludes halogenated alkanes) is 7. The van der Waals surface area contributed by atoms with Crippen LogP contribution in [0.15, 0.2) is 48.8 Å². The Balaban J connectivity index is 1.72. The number of aromatic nitrogens is 2. The van der Waals surface area contributed by atoms with E-state index in [1.165, 1.54) is 57.0 Å². The SMILES string of the molecule is CCCCCCCCC/C=C/C(=O)Oc1cnc(-c2ccc(CCC(C)OC(=O)CC)cc2)nc1. The molecule has 0 saturated carbocycles. The Morgan fingerprint density at radius 1 is 0.943 bits per heavy atom. The fraction of sp³-hybridized carbons (Fsp3) is 0.517. The Morgan fingerprint density at radius 2 is 1.60 bits per heavy atom. The van der Waals surface area contributed by atoms with Crippen LogP contribution < -0.4 is 4.74 Å². The van der Waals surface area contributed by atoms with Crippen LogP contribution >= 0.6 is 0 Å². The molecule has 35 heavy (non-hydrogen) atoms. The van der Waals surface area contributed by atoms with Crippen molar-refractivity contribution in [1.82, 2.24) is 9.97 Å². The van der Waals surface area contributed by atoms with Crippen LogP contribution in [0.3, 0.4) is 0 Å². The predicted octanol–water partition coefficient (Wildman–Crippen LogP) is 7.02. The molecule has 2 rings (SSSR count). The molecule has 0 aliphatic heterocycles. The van der Waals surface area contributed by atoms with Crippen molar-refractivity contribution in [3.05, 3.63) is 54.4 Å². The number of hydrogen-bond donors (Lipinski definition) is 0. The standard InChI is InChI=1S/C29H40N2O4/c1-4-6-7-8-9-10-11-12-13-14-28(33)35-26-21-30-29(31-22-26)25-19-17-24(18-20-25)16-15-23(3)34-27(32)5-2/h13-14,17-23H,4-12,15-16H2,1-3H3/b14-13+. The molecule has 0 aliphatic rings. The van der Waals surface area contributed by atoms with Crippen LogP contribution in [0.2, 0.25) is 0 Å². The highest BCUT2D eigenvalue weighted by Crippen LogP contribution is 2.19. The van der Waals surface area contributed by atoms with Crippen LogP contribution in [-0.4, -0.2) is 28.0 Å². The van der Waals surface area contributed by atoms with Crippen LogP contribution in [0.5, 0.6) is 5.75 Å². The van der Waals surface area contributed by atoms with E-state index in [4.69, 9.17) is 9.47 Å². The molecular formula is C29H40N2O4. The fourth-order valence-electron chi connectivity index (χ4n) is 3.62. The van der Waals surface area contributed by atoms with Crippen molar-refractivity contribution in [3.63, 3.8) is 0 Å². The first kappa shape index (κ1) is 28.2. The minimum atomic E-state index is -0.410. The van der Waals surface area contributed by atoms with Gasteiger partial charge in [-0.25, -0.2) is 14.8 Å². The van der Waals surface area contributed by atoms with E-state index < -0.39 is 5.97 Å². The van der Waals surface area contributed by atoms with E-state index in [1.807, 2.05) is 37.3 Å². The van der Waals surface area contributed by atoms with Crippen LogP contribution in [0.1, 0.15) is 90.5 Å². The number of nitrogens with zero attached hydrogens (tertiary/aromatic N) is 2. The molecule has 0 radical (unpaired) electrons. The number of hydrogen-bond acceptors (Lipinski definition) is 6. The van der Waals surface area contributed by atoms with Gasteiger partial charge in [0, 0.05) is 18.1 Å².